The summed E-state index contributed by atoms with van der Waals surface area (Å²) in [6, 6.07) is 0. The number of aliphatic carboxylic acids is 1. The van der Waals surface area contributed by atoms with Crippen LogP contribution in [0.2, 0.25) is 0 Å². The number of carboxylic acids is 1. The lowest BCUT2D eigenvalue weighted by atomic mass is 10.2. The van der Waals surface area contributed by atoms with Crippen LogP contribution in [0.1, 0.15) is 6.92 Å². The van der Waals surface area contributed by atoms with Gasteiger partial charge in [0.05, 0.1) is 13.0 Å². The first-order valence-corrected chi connectivity index (χ1v) is 5.35. The quantitative estimate of drug-likeness (QED) is 0.560. The van der Waals surface area contributed by atoms with E-state index in [0.717, 1.165) is 7.11 Å². The van der Waals surface area contributed by atoms with Gasteiger partial charge in [0.1, 0.15) is 0 Å². The molecule has 0 saturated carbocycles. The van der Waals surface area contributed by atoms with Crippen molar-refractivity contribution in [1.29, 1.82) is 0 Å². The smallest absolute Gasteiger partial charge is 0.421 e. The molecule has 0 bridgehead atoms. The van der Waals surface area contributed by atoms with Crippen molar-refractivity contribution >= 4 is 22.3 Å². The third-order valence-electron chi connectivity index (χ3n) is 1.40. The van der Waals surface area contributed by atoms with Crippen LogP contribution in [0.4, 0.5) is 4.79 Å². The summed E-state index contributed by atoms with van der Waals surface area (Å²) in [6.07, 6.45) is -1.15. The van der Waals surface area contributed by atoms with Crippen molar-refractivity contribution in [2.24, 2.45) is 5.92 Å². The highest BCUT2D eigenvalue weighted by molar-refractivity contribution is 7.88. The Morgan fingerprint density at radius 3 is 2.40 bits per heavy atom. The summed E-state index contributed by atoms with van der Waals surface area (Å²) in [5, 5.41) is 8.46. The average molecular weight is 240 g/mol. The molecule has 3 N–H and O–H groups in total. The lowest BCUT2D eigenvalue weighted by Gasteiger charge is -2.09. The predicted molar refractivity (Wildman–Crippen MR) is 49.3 cm³/mol. The molecule has 0 saturated heterocycles. The predicted octanol–water partition coefficient (Wildman–Crippen LogP) is -1.10. The van der Waals surface area contributed by atoms with E-state index in [0.29, 0.717) is 0 Å². The number of carbonyl (C=O) groups is 2. The van der Waals surface area contributed by atoms with Gasteiger partial charge in [-0.1, -0.05) is 6.92 Å². The molecule has 0 aliphatic rings. The Bertz CT molecular complexity index is 338. The van der Waals surface area contributed by atoms with E-state index in [-0.39, 0.29) is 6.54 Å². The molecule has 1 atom stereocenters. The first-order valence-electron chi connectivity index (χ1n) is 3.86. The van der Waals surface area contributed by atoms with E-state index in [4.69, 9.17) is 5.11 Å². The van der Waals surface area contributed by atoms with Gasteiger partial charge >= 0.3 is 22.3 Å². The molecule has 0 aliphatic carbocycles. The SMILES string of the molecule is COC(=O)NS(=O)(=O)NCC(C)C(=O)O. The number of amides is 1. The monoisotopic (exact) mass is 240 g/mol. The average Bonchev–Trinajstić information content (AvgIpc) is 2.13. The normalized spacial score (nSPS) is 12.9. The minimum absolute atomic E-state index is 0.318. The molecule has 15 heavy (non-hydrogen) atoms. The standard InChI is InChI=1S/C6H12N2O6S/c1-4(5(9)10)3-7-15(12,13)8-6(11)14-2/h4,7H,3H2,1-2H3,(H,8,11)(H,9,10). The van der Waals surface area contributed by atoms with E-state index in [1.54, 1.807) is 0 Å². The van der Waals surface area contributed by atoms with Crippen LogP contribution in [-0.2, 0) is 19.7 Å². The summed E-state index contributed by atoms with van der Waals surface area (Å²) in [6.45, 7) is 1.00. The van der Waals surface area contributed by atoms with Crippen LogP contribution < -0.4 is 9.44 Å². The molecule has 0 aromatic carbocycles. The Balaban J connectivity index is 4.17. The fourth-order valence-corrected chi connectivity index (χ4v) is 1.35. The molecule has 1 unspecified atom stereocenters. The second kappa shape index (κ2) is 5.51. The first kappa shape index (κ1) is 13.7. The first-order chi connectivity index (χ1) is 6.78. The van der Waals surface area contributed by atoms with Gasteiger partial charge in [0.25, 0.3) is 0 Å². The molecular formula is C6H12N2O6S. The molecular weight excluding hydrogens is 228 g/mol. The van der Waals surface area contributed by atoms with Crippen molar-refractivity contribution in [3.63, 3.8) is 0 Å². The second-order valence-corrected chi connectivity index (χ2v) is 4.18. The highest BCUT2D eigenvalue weighted by atomic mass is 32.2. The van der Waals surface area contributed by atoms with Crippen molar-refractivity contribution in [3.8, 4) is 0 Å². The van der Waals surface area contributed by atoms with Gasteiger partial charge in [-0.15, -0.1) is 0 Å². The van der Waals surface area contributed by atoms with Gasteiger partial charge in [0.15, 0.2) is 0 Å². The van der Waals surface area contributed by atoms with Gasteiger partial charge in [0.2, 0.25) is 0 Å². The van der Waals surface area contributed by atoms with E-state index in [1.807, 2.05) is 4.72 Å². The second-order valence-electron chi connectivity index (χ2n) is 2.68. The van der Waals surface area contributed by atoms with Gasteiger partial charge in [-0.2, -0.15) is 13.1 Å². The number of ether oxygens (including phenoxy) is 1. The number of nitrogens with one attached hydrogen (secondary N) is 2. The summed E-state index contributed by atoms with van der Waals surface area (Å²) < 4.78 is 29.5. The number of methoxy groups -OCH3 is 1. The maximum absolute atomic E-state index is 11.0. The number of carbonyl (C=O) groups excluding carboxylic acids is 1. The van der Waals surface area contributed by atoms with Gasteiger partial charge in [-0.3, -0.25) is 4.79 Å². The molecule has 0 aromatic rings. The maximum atomic E-state index is 11.0. The van der Waals surface area contributed by atoms with Gasteiger partial charge in [-0.05, 0) is 0 Å². The summed E-state index contributed by atoms with van der Waals surface area (Å²) in [5.41, 5.74) is 0. The van der Waals surface area contributed by atoms with Crippen molar-refractivity contribution < 1.29 is 27.9 Å². The third kappa shape index (κ3) is 5.86. The summed E-state index contributed by atoms with van der Waals surface area (Å²) in [7, 11) is -3.05. The van der Waals surface area contributed by atoms with Crippen LogP contribution in [0.25, 0.3) is 0 Å². The van der Waals surface area contributed by atoms with Gasteiger partial charge in [-0.25, -0.2) is 9.52 Å². The van der Waals surface area contributed by atoms with Crippen LogP contribution in [0.15, 0.2) is 0 Å². The Kier molecular flexibility index (Phi) is 5.02. The van der Waals surface area contributed by atoms with Crippen LogP contribution in [0.3, 0.4) is 0 Å². The highest BCUT2D eigenvalue weighted by Gasteiger charge is 2.18. The lowest BCUT2D eigenvalue weighted by Crippen LogP contribution is -2.42. The van der Waals surface area contributed by atoms with Gasteiger partial charge in [0, 0.05) is 6.54 Å². The molecule has 0 rings (SSSR count). The van der Waals surface area contributed by atoms with E-state index < -0.39 is 28.2 Å². The number of rotatable bonds is 5. The van der Waals surface area contributed by atoms with E-state index in [2.05, 4.69) is 4.74 Å². The van der Waals surface area contributed by atoms with Crippen molar-refractivity contribution in [2.45, 2.75) is 6.92 Å². The zero-order chi connectivity index (χ0) is 12.1. The Morgan fingerprint density at radius 2 is 2.00 bits per heavy atom. The van der Waals surface area contributed by atoms with Crippen LogP contribution in [-0.4, -0.2) is 39.2 Å². The molecule has 0 aliphatic heterocycles. The Hall–Kier alpha value is -1.35. The fourth-order valence-electron chi connectivity index (χ4n) is 0.509. The largest absolute Gasteiger partial charge is 0.481 e. The summed E-state index contributed by atoms with van der Waals surface area (Å²) in [5.74, 6) is -2.03. The molecule has 0 fully saturated rings. The van der Waals surface area contributed by atoms with Crippen molar-refractivity contribution in [1.82, 2.24) is 9.44 Å². The van der Waals surface area contributed by atoms with Crippen molar-refractivity contribution in [2.75, 3.05) is 13.7 Å². The summed E-state index contributed by atoms with van der Waals surface area (Å²) >= 11 is 0. The van der Waals surface area contributed by atoms with Crippen LogP contribution in [0, 0.1) is 5.92 Å². The molecule has 0 heterocycles. The topological polar surface area (TPSA) is 122 Å². The van der Waals surface area contributed by atoms with E-state index in [9.17, 15) is 18.0 Å². The molecule has 0 radical (unpaired) electrons. The zero-order valence-corrected chi connectivity index (χ0v) is 9.00. The number of hydrogen-bond acceptors (Lipinski definition) is 5. The van der Waals surface area contributed by atoms with Crippen LogP contribution in [0.5, 0.6) is 0 Å². The maximum Gasteiger partial charge on any atom is 0.421 e. The minimum atomic E-state index is -4.06. The minimum Gasteiger partial charge on any atom is -0.481 e. The third-order valence-corrected chi connectivity index (χ3v) is 2.39. The number of carboxylic acid groups (broad SMARTS) is 1. The summed E-state index contributed by atoms with van der Waals surface area (Å²) in [4.78, 5) is 20.9. The van der Waals surface area contributed by atoms with E-state index >= 15 is 0 Å². The van der Waals surface area contributed by atoms with Crippen molar-refractivity contribution in [3.05, 3.63) is 0 Å². The molecule has 0 aromatic heterocycles. The Morgan fingerprint density at radius 1 is 1.47 bits per heavy atom. The lowest BCUT2D eigenvalue weighted by molar-refractivity contribution is -0.140. The Labute approximate surface area is 86.8 Å². The number of hydrogen-bond donors (Lipinski definition) is 3. The van der Waals surface area contributed by atoms with E-state index in [1.165, 1.54) is 11.6 Å². The molecule has 1 amide bonds. The molecule has 88 valence electrons. The van der Waals surface area contributed by atoms with Crippen LogP contribution >= 0.6 is 0 Å². The molecule has 9 heteroatoms. The van der Waals surface area contributed by atoms with Gasteiger partial charge < -0.3 is 9.84 Å². The highest BCUT2D eigenvalue weighted by Crippen LogP contribution is 1.92. The molecule has 8 nitrogen and oxygen atoms in total. The molecule has 0 spiro atoms. The zero-order valence-electron chi connectivity index (χ0n) is 8.18. The fraction of sp³-hybridized carbons (Fsp3) is 0.667.